The maximum absolute atomic E-state index is 13.3. The maximum atomic E-state index is 13.3. The first-order valence-electron chi connectivity index (χ1n) is 8.99. The summed E-state index contributed by atoms with van der Waals surface area (Å²) in [6.45, 7) is 0. The van der Waals surface area contributed by atoms with Crippen molar-refractivity contribution >= 4 is 40.7 Å². The van der Waals surface area contributed by atoms with Crippen molar-refractivity contribution in [3.8, 4) is 0 Å². The fourth-order valence-corrected chi connectivity index (χ4v) is 2.58. The van der Waals surface area contributed by atoms with E-state index in [1.54, 1.807) is 0 Å². The Balaban J connectivity index is 1.51. The van der Waals surface area contributed by atoms with Crippen LogP contribution in [-0.4, -0.2) is 29.1 Å². The number of hydrogen-bond donors (Lipinski definition) is 3. The number of benzene rings is 2. The van der Waals surface area contributed by atoms with Crippen molar-refractivity contribution in [1.82, 2.24) is 5.43 Å². The first kappa shape index (κ1) is 21.4. The average Bonchev–Trinajstić information content (AvgIpc) is 2.74. The van der Waals surface area contributed by atoms with Crippen LogP contribution in [0.25, 0.3) is 11.0 Å². The van der Waals surface area contributed by atoms with Gasteiger partial charge in [-0.3, -0.25) is 14.4 Å². The maximum Gasteiger partial charge on any atom is 0.335 e. The molecule has 0 spiro atoms. The lowest BCUT2D eigenvalue weighted by molar-refractivity contribution is -0.124. The Labute approximate surface area is 174 Å². The van der Waals surface area contributed by atoms with Crippen molar-refractivity contribution < 1.29 is 28.3 Å². The Morgan fingerprint density at radius 2 is 1.77 bits per heavy atom. The summed E-state index contributed by atoms with van der Waals surface area (Å²) >= 11 is 0. The highest BCUT2D eigenvalue weighted by Crippen LogP contribution is 2.12. The fraction of sp³-hybridized carbons (Fsp3) is 0.0952. The van der Waals surface area contributed by atoms with E-state index < -0.39 is 29.0 Å². The molecule has 3 aromatic rings. The molecular weight excluding hydrogens is 409 g/mol. The van der Waals surface area contributed by atoms with Crippen LogP contribution >= 0.6 is 0 Å². The molecule has 0 bridgehead atoms. The van der Waals surface area contributed by atoms with Crippen LogP contribution in [0.15, 0.2) is 63.0 Å². The lowest BCUT2D eigenvalue weighted by Crippen LogP contribution is -2.21. The molecule has 1 heterocycles. The van der Waals surface area contributed by atoms with Gasteiger partial charge in [-0.15, -0.1) is 0 Å². The second-order valence-electron chi connectivity index (χ2n) is 6.38. The second-order valence-corrected chi connectivity index (χ2v) is 6.38. The van der Waals surface area contributed by atoms with E-state index in [2.05, 4.69) is 15.8 Å². The Hall–Kier alpha value is -4.34. The van der Waals surface area contributed by atoms with Crippen molar-refractivity contribution in [3.63, 3.8) is 0 Å². The first-order valence-corrected chi connectivity index (χ1v) is 8.99. The zero-order valence-electron chi connectivity index (χ0n) is 15.9. The molecule has 10 heteroatoms. The number of anilines is 1. The van der Waals surface area contributed by atoms with Crippen LogP contribution in [-0.2, 0) is 9.59 Å². The normalized spacial score (nSPS) is 10.9. The summed E-state index contributed by atoms with van der Waals surface area (Å²) in [7, 11) is 0. The number of nitrogens with one attached hydrogen (secondary N) is 2. The minimum atomic E-state index is -1.08. The van der Waals surface area contributed by atoms with Crippen LogP contribution in [0, 0.1) is 5.82 Å². The molecule has 0 aliphatic heterocycles. The summed E-state index contributed by atoms with van der Waals surface area (Å²) in [6, 6.07) is 9.11. The molecule has 0 radical (unpaired) electrons. The van der Waals surface area contributed by atoms with E-state index in [9.17, 15) is 23.6 Å². The molecule has 0 aliphatic rings. The fourth-order valence-electron chi connectivity index (χ4n) is 2.58. The van der Waals surface area contributed by atoms with Gasteiger partial charge in [0.05, 0.1) is 22.7 Å². The Morgan fingerprint density at radius 3 is 2.48 bits per heavy atom. The van der Waals surface area contributed by atoms with E-state index in [1.807, 2.05) is 0 Å². The molecule has 0 saturated carbocycles. The van der Waals surface area contributed by atoms with Crippen LogP contribution in [0.1, 0.15) is 28.8 Å². The third-order valence-electron chi connectivity index (χ3n) is 4.15. The number of nitrogens with zero attached hydrogens (tertiary/aromatic N) is 1. The molecule has 0 saturated heterocycles. The molecule has 1 aromatic heterocycles. The molecule has 158 valence electrons. The van der Waals surface area contributed by atoms with Crippen LogP contribution in [0.4, 0.5) is 10.1 Å². The Bertz CT molecular complexity index is 1230. The Morgan fingerprint density at radius 1 is 1.06 bits per heavy atom. The zero-order valence-corrected chi connectivity index (χ0v) is 15.9. The standard InChI is InChI=1S/C21H16FN3O6/c22-14-3-6-17-16(9-14)20(28)13(11-31-17)10-23-25-19(27)8-7-18(26)24-15-4-1-12(2-5-15)21(29)30/h1-6,9-11H,7-8H2,(H,24,26)(H,25,27)(H,29,30). The average molecular weight is 425 g/mol. The number of carboxylic acids is 1. The van der Waals surface area contributed by atoms with E-state index in [0.29, 0.717) is 5.69 Å². The third kappa shape index (κ3) is 5.60. The van der Waals surface area contributed by atoms with Gasteiger partial charge in [0.2, 0.25) is 17.2 Å². The van der Waals surface area contributed by atoms with Gasteiger partial charge in [-0.2, -0.15) is 5.10 Å². The molecule has 2 aromatic carbocycles. The van der Waals surface area contributed by atoms with Gasteiger partial charge >= 0.3 is 5.97 Å². The van der Waals surface area contributed by atoms with Gasteiger partial charge in [0.15, 0.2) is 0 Å². The van der Waals surface area contributed by atoms with Gasteiger partial charge in [-0.05, 0) is 42.5 Å². The topological polar surface area (TPSA) is 138 Å². The number of carbonyl (C=O) groups is 3. The number of hydrazone groups is 1. The minimum Gasteiger partial charge on any atom is -0.478 e. The van der Waals surface area contributed by atoms with Crippen molar-refractivity contribution in [2.45, 2.75) is 12.8 Å². The predicted molar refractivity (Wildman–Crippen MR) is 109 cm³/mol. The van der Waals surface area contributed by atoms with Gasteiger partial charge in [0.1, 0.15) is 17.7 Å². The number of hydrogen-bond acceptors (Lipinski definition) is 6. The number of amides is 2. The monoisotopic (exact) mass is 425 g/mol. The number of aromatic carboxylic acids is 1. The lowest BCUT2D eigenvalue weighted by atomic mass is 10.2. The number of halogens is 1. The van der Waals surface area contributed by atoms with E-state index >= 15 is 0 Å². The highest BCUT2D eigenvalue weighted by atomic mass is 19.1. The van der Waals surface area contributed by atoms with Crippen LogP contribution in [0.2, 0.25) is 0 Å². The van der Waals surface area contributed by atoms with Gasteiger partial charge in [0, 0.05) is 18.5 Å². The van der Waals surface area contributed by atoms with Crippen molar-refractivity contribution in [2.75, 3.05) is 5.32 Å². The molecule has 0 unspecified atom stereocenters. The number of carboxylic acid groups (broad SMARTS) is 1. The SMILES string of the molecule is O=C(CCC(=O)Nc1ccc(C(=O)O)cc1)NN=Cc1coc2ccc(F)cc2c1=O. The van der Waals surface area contributed by atoms with E-state index in [0.717, 1.165) is 18.5 Å². The molecular formula is C21H16FN3O6. The highest BCUT2D eigenvalue weighted by molar-refractivity contribution is 5.94. The second kappa shape index (κ2) is 9.44. The van der Waals surface area contributed by atoms with E-state index in [-0.39, 0.29) is 34.9 Å². The highest BCUT2D eigenvalue weighted by Gasteiger charge is 2.09. The largest absolute Gasteiger partial charge is 0.478 e. The van der Waals surface area contributed by atoms with Crippen molar-refractivity contribution in [3.05, 3.63) is 75.9 Å². The van der Waals surface area contributed by atoms with E-state index in [1.165, 1.54) is 36.4 Å². The molecule has 0 aliphatic carbocycles. The summed E-state index contributed by atoms with van der Waals surface area (Å²) in [5, 5.41) is 15.1. The molecule has 31 heavy (non-hydrogen) atoms. The lowest BCUT2D eigenvalue weighted by Gasteiger charge is -2.05. The molecule has 3 rings (SSSR count). The van der Waals surface area contributed by atoms with Crippen molar-refractivity contribution in [1.29, 1.82) is 0 Å². The van der Waals surface area contributed by atoms with Gasteiger partial charge in [-0.1, -0.05) is 0 Å². The summed E-state index contributed by atoms with van der Waals surface area (Å²) in [6.07, 6.45) is 1.90. The predicted octanol–water partition coefficient (Wildman–Crippen LogP) is 2.50. The van der Waals surface area contributed by atoms with Gasteiger partial charge < -0.3 is 14.8 Å². The summed E-state index contributed by atoms with van der Waals surface area (Å²) in [5.74, 6) is -2.68. The minimum absolute atomic E-state index is 0.0148. The summed E-state index contributed by atoms with van der Waals surface area (Å²) < 4.78 is 18.6. The zero-order chi connectivity index (χ0) is 22.4. The molecule has 0 fully saturated rings. The quantitative estimate of drug-likeness (QED) is 0.393. The Kier molecular flexibility index (Phi) is 6.51. The third-order valence-corrected chi connectivity index (χ3v) is 4.15. The van der Waals surface area contributed by atoms with Crippen LogP contribution in [0.3, 0.4) is 0 Å². The smallest absolute Gasteiger partial charge is 0.335 e. The summed E-state index contributed by atoms with van der Waals surface area (Å²) in [4.78, 5) is 46.8. The van der Waals surface area contributed by atoms with Crippen LogP contribution < -0.4 is 16.2 Å². The number of fused-ring (bicyclic) bond motifs is 1. The first-order chi connectivity index (χ1) is 14.8. The van der Waals surface area contributed by atoms with E-state index in [4.69, 9.17) is 9.52 Å². The molecule has 2 amide bonds. The van der Waals surface area contributed by atoms with Crippen molar-refractivity contribution in [2.24, 2.45) is 5.10 Å². The van der Waals surface area contributed by atoms with Gasteiger partial charge in [0.25, 0.3) is 0 Å². The summed E-state index contributed by atoms with van der Waals surface area (Å²) in [5.41, 5.74) is 2.39. The van der Waals surface area contributed by atoms with Crippen LogP contribution in [0.5, 0.6) is 0 Å². The number of carbonyl (C=O) groups excluding carboxylic acids is 2. The molecule has 3 N–H and O–H groups in total. The molecule has 0 atom stereocenters. The van der Waals surface area contributed by atoms with Gasteiger partial charge in [-0.25, -0.2) is 14.6 Å². The number of rotatable bonds is 7. The molecule has 9 nitrogen and oxygen atoms in total.